The van der Waals surface area contributed by atoms with Gasteiger partial charge >= 0.3 is 0 Å². The number of anilines is 1. The van der Waals surface area contributed by atoms with E-state index in [1.165, 1.54) is 37.1 Å². The number of hydrogen-bond donors (Lipinski definition) is 1. The Labute approximate surface area is 115 Å². The van der Waals surface area contributed by atoms with E-state index in [-0.39, 0.29) is 0 Å². The normalized spacial score (nSPS) is 21.1. The van der Waals surface area contributed by atoms with E-state index < -0.39 is 0 Å². The van der Waals surface area contributed by atoms with E-state index in [4.69, 9.17) is 0 Å². The van der Waals surface area contributed by atoms with Gasteiger partial charge in [-0.25, -0.2) is 4.98 Å². The number of nitrogens with zero attached hydrogens (tertiary/aromatic N) is 2. The molecule has 2 rings (SSSR count). The molecule has 18 heavy (non-hydrogen) atoms. The summed E-state index contributed by atoms with van der Waals surface area (Å²) < 4.78 is 0. The number of rotatable bonds is 6. The molecule has 1 aliphatic heterocycles. The second kappa shape index (κ2) is 7.10. The van der Waals surface area contributed by atoms with Crippen molar-refractivity contribution >= 4 is 16.5 Å². The summed E-state index contributed by atoms with van der Waals surface area (Å²) >= 11 is 1.82. The molecule has 1 saturated heterocycles. The summed E-state index contributed by atoms with van der Waals surface area (Å²) in [4.78, 5) is 8.49. The minimum atomic E-state index is 0.785. The number of thiazole rings is 1. The van der Waals surface area contributed by atoms with Crippen LogP contribution in [0.2, 0.25) is 0 Å². The largest absolute Gasteiger partial charge is 0.362 e. The van der Waals surface area contributed by atoms with Gasteiger partial charge in [-0.15, -0.1) is 11.3 Å². The van der Waals surface area contributed by atoms with Gasteiger partial charge < -0.3 is 5.32 Å². The third-order valence-corrected chi connectivity index (χ3v) is 4.60. The fraction of sp³-hybridized carbons (Fsp3) is 0.786. The predicted octanol–water partition coefficient (Wildman–Crippen LogP) is 3.73. The Balaban J connectivity index is 1.89. The molecule has 0 spiro atoms. The van der Waals surface area contributed by atoms with Crippen LogP contribution in [0.5, 0.6) is 0 Å². The summed E-state index contributed by atoms with van der Waals surface area (Å²) in [5, 5.41) is 4.45. The van der Waals surface area contributed by atoms with E-state index >= 15 is 0 Å². The zero-order valence-corrected chi connectivity index (χ0v) is 12.4. The van der Waals surface area contributed by atoms with Crippen LogP contribution in [0, 0.1) is 0 Å². The number of likely N-dealkylation sites (tertiary alicyclic amines) is 1. The molecule has 0 amide bonds. The highest BCUT2D eigenvalue weighted by Crippen LogP contribution is 2.25. The standard InChI is InChI=1S/C14H25N3S/c1-3-8-15-14-16-10-13(18-14)11-17-9-6-5-7-12(17)4-2/h10,12H,3-9,11H2,1-2H3,(H,15,16). The lowest BCUT2D eigenvalue weighted by molar-refractivity contribution is 0.137. The topological polar surface area (TPSA) is 28.2 Å². The molecule has 3 nitrogen and oxygen atoms in total. The Morgan fingerprint density at radius 1 is 1.44 bits per heavy atom. The fourth-order valence-corrected chi connectivity index (χ4v) is 3.49. The molecule has 1 aromatic heterocycles. The van der Waals surface area contributed by atoms with Gasteiger partial charge in [-0.2, -0.15) is 0 Å². The molecule has 1 unspecified atom stereocenters. The van der Waals surface area contributed by atoms with Crippen molar-refractivity contribution in [3.63, 3.8) is 0 Å². The zero-order valence-electron chi connectivity index (χ0n) is 11.6. The van der Waals surface area contributed by atoms with Crippen LogP contribution < -0.4 is 5.32 Å². The lowest BCUT2D eigenvalue weighted by atomic mass is 10.0. The van der Waals surface area contributed by atoms with Gasteiger partial charge in [-0.05, 0) is 32.2 Å². The highest BCUT2D eigenvalue weighted by Gasteiger charge is 2.21. The summed E-state index contributed by atoms with van der Waals surface area (Å²) in [5.74, 6) is 0. The maximum Gasteiger partial charge on any atom is 0.182 e. The average molecular weight is 267 g/mol. The monoisotopic (exact) mass is 267 g/mol. The van der Waals surface area contributed by atoms with Crippen molar-refractivity contribution in [2.75, 3.05) is 18.4 Å². The molecule has 0 aromatic carbocycles. The van der Waals surface area contributed by atoms with Crippen molar-refractivity contribution in [3.05, 3.63) is 11.1 Å². The van der Waals surface area contributed by atoms with E-state index in [9.17, 15) is 0 Å². The number of nitrogens with one attached hydrogen (secondary N) is 1. The van der Waals surface area contributed by atoms with Gasteiger partial charge in [0.05, 0.1) is 0 Å². The minimum absolute atomic E-state index is 0.785. The smallest absolute Gasteiger partial charge is 0.182 e. The Kier molecular flexibility index (Phi) is 5.45. The highest BCUT2D eigenvalue weighted by molar-refractivity contribution is 7.15. The van der Waals surface area contributed by atoms with Crippen LogP contribution in [0.15, 0.2) is 6.20 Å². The third kappa shape index (κ3) is 3.69. The molecule has 102 valence electrons. The molecule has 4 heteroatoms. The highest BCUT2D eigenvalue weighted by atomic mass is 32.1. The van der Waals surface area contributed by atoms with Crippen LogP contribution in [0.3, 0.4) is 0 Å². The maximum absolute atomic E-state index is 4.45. The average Bonchev–Trinajstić information content (AvgIpc) is 2.84. The van der Waals surface area contributed by atoms with Gasteiger partial charge in [-0.1, -0.05) is 20.3 Å². The summed E-state index contributed by atoms with van der Waals surface area (Å²) in [7, 11) is 0. The molecular formula is C14H25N3S. The first kappa shape index (κ1) is 13.8. The van der Waals surface area contributed by atoms with Gasteiger partial charge in [0, 0.05) is 30.2 Å². The molecule has 0 bridgehead atoms. The maximum atomic E-state index is 4.45. The van der Waals surface area contributed by atoms with E-state index in [0.29, 0.717) is 0 Å². The second-order valence-corrected chi connectivity index (χ2v) is 6.20. The SMILES string of the molecule is CCCNc1ncc(CN2CCCCC2CC)s1. The van der Waals surface area contributed by atoms with Gasteiger partial charge in [-0.3, -0.25) is 4.90 Å². The first-order chi connectivity index (χ1) is 8.83. The molecular weight excluding hydrogens is 242 g/mol. The van der Waals surface area contributed by atoms with Crippen molar-refractivity contribution in [2.45, 2.75) is 58.5 Å². The predicted molar refractivity (Wildman–Crippen MR) is 79.2 cm³/mol. The summed E-state index contributed by atoms with van der Waals surface area (Å²) in [6.45, 7) is 7.86. The van der Waals surface area contributed by atoms with Crippen molar-refractivity contribution in [1.29, 1.82) is 0 Å². The Hall–Kier alpha value is -0.610. The molecule has 2 heterocycles. The lowest BCUT2D eigenvalue weighted by Crippen LogP contribution is -2.38. The van der Waals surface area contributed by atoms with Gasteiger partial charge in [0.1, 0.15) is 0 Å². The second-order valence-electron chi connectivity index (χ2n) is 5.09. The summed E-state index contributed by atoms with van der Waals surface area (Å²) in [6.07, 6.45) is 8.61. The third-order valence-electron chi connectivity index (χ3n) is 3.66. The quantitative estimate of drug-likeness (QED) is 0.851. The molecule has 1 atom stereocenters. The van der Waals surface area contributed by atoms with Crippen molar-refractivity contribution in [1.82, 2.24) is 9.88 Å². The van der Waals surface area contributed by atoms with Gasteiger partial charge in [0.15, 0.2) is 5.13 Å². The molecule has 1 fully saturated rings. The molecule has 1 aromatic rings. The first-order valence-corrected chi connectivity index (χ1v) is 8.07. The van der Waals surface area contributed by atoms with Crippen LogP contribution in [-0.4, -0.2) is 29.0 Å². The van der Waals surface area contributed by atoms with Crippen molar-refractivity contribution in [3.8, 4) is 0 Å². The molecule has 0 radical (unpaired) electrons. The van der Waals surface area contributed by atoms with E-state index in [2.05, 4.69) is 29.0 Å². The molecule has 1 N–H and O–H groups in total. The number of piperidine rings is 1. The number of aromatic nitrogens is 1. The van der Waals surface area contributed by atoms with E-state index in [1.807, 2.05) is 17.5 Å². The first-order valence-electron chi connectivity index (χ1n) is 7.26. The minimum Gasteiger partial charge on any atom is -0.362 e. The van der Waals surface area contributed by atoms with Gasteiger partial charge in [0.2, 0.25) is 0 Å². The van der Waals surface area contributed by atoms with Gasteiger partial charge in [0.25, 0.3) is 0 Å². The number of hydrogen-bond acceptors (Lipinski definition) is 4. The Morgan fingerprint density at radius 2 is 2.33 bits per heavy atom. The van der Waals surface area contributed by atoms with E-state index in [0.717, 1.165) is 30.7 Å². The van der Waals surface area contributed by atoms with Crippen LogP contribution in [0.1, 0.15) is 50.8 Å². The molecule has 1 aliphatic rings. The molecule has 0 aliphatic carbocycles. The lowest BCUT2D eigenvalue weighted by Gasteiger charge is -2.34. The van der Waals surface area contributed by atoms with Crippen LogP contribution >= 0.6 is 11.3 Å². The van der Waals surface area contributed by atoms with E-state index in [1.54, 1.807) is 0 Å². The van der Waals surface area contributed by atoms with Crippen LogP contribution in [-0.2, 0) is 6.54 Å². The zero-order chi connectivity index (χ0) is 12.8. The van der Waals surface area contributed by atoms with Crippen molar-refractivity contribution in [2.24, 2.45) is 0 Å². The van der Waals surface area contributed by atoms with Crippen LogP contribution in [0.25, 0.3) is 0 Å². The fourth-order valence-electron chi connectivity index (χ4n) is 2.62. The Morgan fingerprint density at radius 3 is 3.11 bits per heavy atom. The summed E-state index contributed by atoms with van der Waals surface area (Å²) in [5.41, 5.74) is 0. The Bertz CT molecular complexity index is 351. The molecule has 0 saturated carbocycles. The summed E-state index contributed by atoms with van der Waals surface area (Å²) in [6, 6.07) is 0.785. The van der Waals surface area contributed by atoms with Crippen molar-refractivity contribution < 1.29 is 0 Å². The van der Waals surface area contributed by atoms with Crippen LogP contribution in [0.4, 0.5) is 5.13 Å².